The van der Waals surface area contributed by atoms with Gasteiger partial charge in [-0.15, -0.1) is 0 Å². The zero-order valence-electron chi connectivity index (χ0n) is 25.7. The number of fused-ring (bicyclic) bond motifs is 5. The van der Waals surface area contributed by atoms with Crippen LogP contribution in [0.4, 0.5) is 4.79 Å². The third-order valence-electron chi connectivity index (χ3n) is 12.3. The van der Waals surface area contributed by atoms with Crippen molar-refractivity contribution >= 4 is 23.9 Å². The van der Waals surface area contributed by atoms with E-state index in [4.69, 9.17) is 14.2 Å². The molecule has 4 aliphatic carbocycles. The van der Waals surface area contributed by atoms with E-state index in [1.807, 2.05) is 4.90 Å². The highest BCUT2D eigenvalue weighted by Gasteiger charge is 2.71. The van der Waals surface area contributed by atoms with Gasteiger partial charge in [0, 0.05) is 56.9 Å². The third-order valence-corrected chi connectivity index (χ3v) is 12.3. The highest BCUT2D eigenvalue weighted by molar-refractivity contribution is 5.85. The molecule has 2 aliphatic heterocycles. The summed E-state index contributed by atoms with van der Waals surface area (Å²) in [5.41, 5.74) is -0.714. The number of carbonyl (C=O) groups excluding carboxylic acids is 4. The maximum Gasteiger partial charge on any atom is 0.407 e. The summed E-state index contributed by atoms with van der Waals surface area (Å²) < 4.78 is 17.0. The molecule has 0 spiro atoms. The molecule has 11 heteroatoms. The molecule has 9 unspecified atom stereocenters. The standard InChI is InChI=1S/C32H47N3O8/c1-19(36)42-25-16-32(40)24-5-4-21-15-22(43-29(39)34-11-13-35-12-10-33-26(37)17-35)6-8-30(21,2)23(24)7-9-31(32,3)28(25)20-14-27(38)41-18-20/h14,21-25,28,40H,4-13,15-18H2,1-3H3,(H,33,37)(H,34,39). The minimum Gasteiger partial charge on any atom is -0.462 e. The molecule has 6 aliphatic rings. The van der Waals surface area contributed by atoms with Crippen LogP contribution in [-0.2, 0) is 28.6 Å². The van der Waals surface area contributed by atoms with Gasteiger partial charge in [0.1, 0.15) is 18.8 Å². The molecule has 2 heterocycles. The Labute approximate surface area is 253 Å². The second kappa shape index (κ2) is 11.4. The molecule has 43 heavy (non-hydrogen) atoms. The molecule has 2 amide bonds. The van der Waals surface area contributed by atoms with E-state index in [1.54, 1.807) is 0 Å². The summed E-state index contributed by atoms with van der Waals surface area (Å²) in [4.78, 5) is 50.4. The first kappa shape index (κ1) is 30.4. The van der Waals surface area contributed by atoms with Crippen molar-refractivity contribution in [3.05, 3.63) is 11.6 Å². The second-order valence-corrected chi connectivity index (χ2v) is 14.4. The van der Waals surface area contributed by atoms with Crippen molar-refractivity contribution in [3.8, 4) is 0 Å². The molecule has 238 valence electrons. The van der Waals surface area contributed by atoms with Crippen LogP contribution in [0, 0.1) is 34.5 Å². The molecule has 0 aromatic heterocycles. The van der Waals surface area contributed by atoms with Crippen LogP contribution in [0.5, 0.6) is 0 Å². The normalized spacial score (nSPS) is 42.5. The molecule has 11 nitrogen and oxygen atoms in total. The fourth-order valence-electron chi connectivity index (χ4n) is 10.2. The van der Waals surface area contributed by atoms with Crippen molar-refractivity contribution in [1.82, 2.24) is 15.5 Å². The molecule has 0 bridgehead atoms. The van der Waals surface area contributed by atoms with Crippen LogP contribution in [-0.4, -0.2) is 91.1 Å². The fourth-order valence-corrected chi connectivity index (χ4v) is 10.2. The van der Waals surface area contributed by atoms with E-state index in [-0.39, 0.29) is 47.8 Å². The number of esters is 2. The van der Waals surface area contributed by atoms with E-state index in [9.17, 15) is 24.3 Å². The first-order chi connectivity index (χ1) is 20.4. The Morgan fingerprint density at radius 1 is 1.14 bits per heavy atom. The lowest BCUT2D eigenvalue weighted by Gasteiger charge is -2.63. The molecular weight excluding hydrogens is 554 g/mol. The number of aliphatic hydroxyl groups is 1. The molecule has 4 saturated carbocycles. The summed E-state index contributed by atoms with van der Waals surface area (Å²) in [7, 11) is 0. The molecule has 0 aromatic rings. The number of cyclic esters (lactones) is 1. The van der Waals surface area contributed by atoms with Crippen molar-refractivity contribution in [2.24, 2.45) is 34.5 Å². The van der Waals surface area contributed by atoms with Crippen molar-refractivity contribution in [3.63, 3.8) is 0 Å². The Kier molecular flexibility index (Phi) is 8.03. The van der Waals surface area contributed by atoms with Gasteiger partial charge in [-0.05, 0) is 73.7 Å². The quantitative estimate of drug-likeness (QED) is 0.309. The maximum atomic E-state index is 12.7. The van der Waals surface area contributed by atoms with E-state index in [1.165, 1.54) is 13.0 Å². The summed E-state index contributed by atoms with van der Waals surface area (Å²) in [5, 5.41) is 18.3. The largest absolute Gasteiger partial charge is 0.462 e. The molecule has 3 N–H and O–H groups in total. The van der Waals surface area contributed by atoms with Crippen LogP contribution in [0.1, 0.15) is 72.1 Å². The summed E-state index contributed by atoms with van der Waals surface area (Å²) >= 11 is 0. The summed E-state index contributed by atoms with van der Waals surface area (Å²) in [6.07, 6.45) is 6.97. The number of rotatable bonds is 6. The number of amides is 2. The van der Waals surface area contributed by atoms with Gasteiger partial charge in [-0.25, -0.2) is 9.59 Å². The molecule has 0 aromatic carbocycles. The number of alkyl carbamates (subject to hydrolysis) is 1. The fraction of sp³-hybridized carbons (Fsp3) is 0.812. The Hall–Kier alpha value is -2.66. The Balaban J connectivity index is 1.10. The predicted molar refractivity (Wildman–Crippen MR) is 154 cm³/mol. The zero-order chi connectivity index (χ0) is 30.6. The van der Waals surface area contributed by atoms with Crippen LogP contribution in [0.25, 0.3) is 0 Å². The van der Waals surface area contributed by atoms with Gasteiger partial charge < -0.3 is 30.0 Å². The van der Waals surface area contributed by atoms with Crippen LogP contribution in [0.3, 0.4) is 0 Å². The Bertz CT molecular complexity index is 1190. The minimum atomic E-state index is -1.02. The number of nitrogens with one attached hydrogen (secondary N) is 2. The number of hydrogen-bond donors (Lipinski definition) is 3. The first-order valence-corrected chi connectivity index (χ1v) is 16.1. The van der Waals surface area contributed by atoms with Crippen molar-refractivity contribution in [2.75, 3.05) is 39.3 Å². The minimum absolute atomic E-state index is 0.0118. The maximum absolute atomic E-state index is 12.7. The van der Waals surface area contributed by atoms with Gasteiger partial charge in [0.25, 0.3) is 0 Å². The van der Waals surface area contributed by atoms with Crippen LogP contribution >= 0.6 is 0 Å². The first-order valence-electron chi connectivity index (χ1n) is 16.1. The second-order valence-electron chi connectivity index (χ2n) is 14.4. The monoisotopic (exact) mass is 601 g/mol. The number of piperazine rings is 1. The Morgan fingerprint density at radius 3 is 2.67 bits per heavy atom. The molecule has 6 rings (SSSR count). The SMILES string of the molecule is CC(=O)OC1CC2(O)C3CCC4CC(OC(=O)NCCN5CCNC(=O)C5)CCC4(C)C3CCC2(C)C1C1=CC(=O)OC1. The molecule has 0 radical (unpaired) electrons. The van der Waals surface area contributed by atoms with Gasteiger partial charge in [-0.3, -0.25) is 14.5 Å². The van der Waals surface area contributed by atoms with E-state index in [0.717, 1.165) is 57.1 Å². The number of hydrogen-bond acceptors (Lipinski definition) is 9. The Morgan fingerprint density at radius 2 is 1.95 bits per heavy atom. The molecule has 9 atom stereocenters. The van der Waals surface area contributed by atoms with Gasteiger partial charge in [-0.1, -0.05) is 13.8 Å². The number of ether oxygens (including phenoxy) is 3. The van der Waals surface area contributed by atoms with Gasteiger partial charge in [0.05, 0.1) is 12.1 Å². The van der Waals surface area contributed by atoms with E-state index in [2.05, 4.69) is 24.5 Å². The zero-order valence-corrected chi connectivity index (χ0v) is 25.7. The van der Waals surface area contributed by atoms with Crippen LogP contribution in [0.2, 0.25) is 0 Å². The van der Waals surface area contributed by atoms with E-state index in [0.29, 0.717) is 44.4 Å². The summed E-state index contributed by atoms with van der Waals surface area (Å²) in [6, 6.07) is 0. The van der Waals surface area contributed by atoms with Crippen molar-refractivity contribution in [2.45, 2.75) is 89.9 Å². The van der Waals surface area contributed by atoms with E-state index < -0.39 is 23.2 Å². The number of carbonyl (C=O) groups is 4. The third kappa shape index (κ3) is 5.34. The lowest BCUT2D eigenvalue weighted by molar-refractivity contribution is -0.208. The van der Waals surface area contributed by atoms with Gasteiger partial charge in [0.15, 0.2) is 0 Å². The smallest absolute Gasteiger partial charge is 0.407 e. The van der Waals surface area contributed by atoms with Crippen LogP contribution < -0.4 is 10.6 Å². The van der Waals surface area contributed by atoms with Crippen molar-refractivity contribution < 1.29 is 38.5 Å². The topological polar surface area (TPSA) is 144 Å². The van der Waals surface area contributed by atoms with Crippen molar-refractivity contribution in [1.29, 1.82) is 0 Å². The van der Waals surface area contributed by atoms with Crippen LogP contribution in [0.15, 0.2) is 11.6 Å². The highest BCUT2D eigenvalue weighted by Crippen LogP contribution is 2.70. The van der Waals surface area contributed by atoms with Gasteiger partial charge in [-0.2, -0.15) is 0 Å². The summed E-state index contributed by atoms with van der Waals surface area (Å²) in [6.45, 7) is 8.89. The predicted octanol–water partition coefficient (Wildman–Crippen LogP) is 2.31. The number of nitrogens with zero attached hydrogens (tertiary/aromatic N) is 1. The lowest BCUT2D eigenvalue weighted by atomic mass is 9.43. The molecule has 5 fully saturated rings. The molecule has 1 saturated heterocycles. The van der Waals surface area contributed by atoms with Gasteiger partial charge >= 0.3 is 18.0 Å². The average molecular weight is 602 g/mol. The van der Waals surface area contributed by atoms with E-state index >= 15 is 0 Å². The van der Waals surface area contributed by atoms with Gasteiger partial charge in [0.2, 0.25) is 5.91 Å². The highest BCUT2D eigenvalue weighted by atomic mass is 16.6. The molecular formula is C32H47N3O8. The lowest BCUT2D eigenvalue weighted by Crippen LogP contribution is -2.62. The average Bonchev–Trinajstić information content (AvgIpc) is 3.45. The summed E-state index contributed by atoms with van der Waals surface area (Å²) in [5.74, 6) is -0.224.